The molecule has 0 aliphatic carbocycles. The SMILES string of the molecule is C=Cc1ncnc(C)c1C. The molecule has 0 radical (unpaired) electrons. The highest BCUT2D eigenvalue weighted by Gasteiger charge is 1.96. The third-order valence-electron chi connectivity index (χ3n) is 1.57. The molecule has 1 rings (SSSR count). The molecule has 0 aromatic carbocycles. The zero-order valence-electron chi connectivity index (χ0n) is 6.26. The first-order valence-corrected chi connectivity index (χ1v) is 3.16. The van der Waals surface area contributed by atoms with Crippen molar-refractivity contribution in [3.05, 3.63) is 29.9 Å². The maximum atomic E-state index is 4.03. The van der Waals surface area contributed by atoms with Gasteiger partial charge in [-0.25, -0.2) is 9.97 Å². The smallest absolute Gasteiger partial charge is 0.116 e. The molecule has 0 amide bonds. The second kappa shape index (κ2) is 2.60. The second-order valence-electron chi connectivity index (χ2n) is 2.17. The summed E-state index contributed by atoms with van der Waals surface area (Å²) in [7, 11) is 0. The zero-order valence-corrected chi connectivity index (χ0v) is 6.26. The first-order chi connectivity index (χ1) is 4.75. The Bertz CT molecular complexity index is 253. The molecule has 2 heteroatoms. The van der Waals surface area contributed by atoms with Gasteiger partial charge in [0.05, 0.1) is 5.69 Å². The predicted molar refractivity (Wildman–Crippen MR) is 41.6 cm³/mol. The normalized spacial score (nSPS) is 9.40. The summed E-state index contributed by atoms with van der Waals surface area (Å²) in [5, 5.41) is 0. The molecule has 2 nitrogen and oxygen atoms in total. The van der Waals surface area contributed by atoms with Gasteiger partial charge in [-0.2, -0.15) is 0 Å². The van der Waals surface area contributed by atoms with Crippen molar-refractivity contribution in [2.24, 2.45) is 0 Å². The molecule has 52 valence electrons. The van der Waals surface area contributed by atoms with Crippen LogP contribution in [0.25, 0.3) is 6.08 Å². The summed E-state index contributed by atoms with van der Waals surface area (Å²) in [5.41, 5.74) is 3.05. The standard InChI is InChI=1S/C8H10N2/c1-4-8-6(2)7(3)9-5-10-8/h4-5H,1H2,2-3H3. The van der Waals surface area contributed by atoms with Gasteiger partial charge >= 0.3 is 0 Å². The highest BCUT2D eigenvalue weighted by atomic mass is 14.8. The molecule has 1 aromatic heterocycles. The number of aryl methyl sites for hydroxylation is 1. The van der Waals surface area contributed by atoms with Crippen LogP contribution in [-0.2, 0) is 0 Å². The summed E-state index contributed by atoms with van der Waals surface area (Å²) in [6.45, 7) is 7.60. The molecule has 1 aromatic rings. The van der Waals surface area contributed by atoms with Gasteiger partial charge in [-0.3, -0.25) is 0 Å². The molecule has 0 unspecified atom stereocenters. The lowest BCUT2D eigenvalue weighted by Gasteiger charge is -1.99. The van der Waals surface area contributed by atoms with E-state index >= 15 is 0 Å². The van der Waals surface area contributed by atoms with Crippen molar-refractivity contribution < 1.29 is 0 Å². The van der Waals surface area contributed by atoms with Gasteiger partial charge in [-0.05, 0) is 25.5 Å². The minimum absolute atomic E-state index is 0.924. The number of hydrogen-bond acceptors (Lipinski definition) is 2. The lowest BCUT2D eigenvalue weighted by Crippen LogP contribution is -1.92. The molecular weight excluding hydrogens is 124 g/mol. The average molecular weight is 134 g/mol. The molecule has 0 atom stereocenters. The van der Waals surface area contributed by atoms with E-state index in [1.165, 1.54) is 0 Å². The zero-order chi connectivity index (χ0) is 7.56. The van der Waals surface area contributed by atoms with Crippen molar-refractivity contribution >= 4 is 6.08 Å². The monoisotopic (exact) mass is 134 g/mol. The summed E-state index contributed by atoms with van der Waals surface area (Å²) in [6, 6.07) is 0. The Morgan fingerprint density at radius 3 is 2.60 bits per heavy atom. The van der Waals surface area contributed by atoms with Crippen LogP contribution >= 0.6 is 0 Å². The molecule has 1 heterocycles. The van der Waals surface area contributed by atoms with E-state index < -0.39 is 0 Å². The Balaban J connectivity index is 3.27. The summed E-state index contributed by atoms with van der Waals surface area (Å²) < 4.78 is 0. The van der Waals surface area contributed by atoms with E-state index in [1.807, 2.05) is 13.8 Å². The Kier molecular flexibility index (Phi) is 1.81. The van der Waals surface area contributed by atoms with Crippen LogP contribution in [0, 0.1) is 13.8 Å². The van der Waals surface area contributed by atoms with Crippen LogP contribution in [-0.4, -0.2) is 9.97 Å². The summed E-state index contributed by atoms with van der Waals surface area (Å²) in [5.74, 6) is 0. The quantitative estimate of drug-likeness (QED) is 0.584. The van der Waals surface area contributed by atoms with Crippen LogP contribution in [0.1, 0.15) is 17.0 Å². The van der Waals surface area contributed by atoms with Gasteiger partial charge in [-0.1, -0.05) is 6.58 Å². The number of hydrogen-bond donors (Lipinski definition) is 0. The molecule has 0 aliphatic heterocycles. The third kappa shape index (κ3) is 1.05. The molecule has 0 saturated carbocycles. The molecule has 0 saturated heterocycles. The highest BCUT2D eigenvalue weighted by Crippen LogP contribution is 2.06. The molecule has 0 spiro atoms. The minimum atomic E-state index is 0.924. The Labute approximate surface area is 60.6 Å². The first-order valence-electron chi connectivity index (χ1n) is 3.16. The molecule has 0 bridgehead atoms. The van der Waals surface area contributed by atoms with Crippen LogP contribution in [0.5, 0.6) is 0 Å². The van der Waals surface area contributed by atoms with Crippen molar-refractivity contribution in [2.45, 2.75) is 13.8 Å². The second-order valence-corrected chi connectivity index (χ2v) is 2.17. The first kappa shape index (κ1) is 6.93. The van der Waals surface area contributed by atoms with Crippen molar-refractivity contribution in [1.29, 1.82) is 0 Å². The van der Waals surface area contributed by atoms with Crippen LogP contribution in [0.3, 0.4) is 0 Å². The lowest BCUT2D eigenvalue weighted by molar-refractivity contribution is 1.05. The van der Waals surface area contributed by atoms with E-state index in [1.54, 1.807) is 12.4 Å². The Morgan fingerprint density at radius 2 is 2.10 bits per heavy atom. The fourth-order valence-corrected chi connectivity index (χ4v) is 0.762. The maximum Gasteiger partial charge on any atom is 0.116 e. The Hall–Kier alpha value is -1.18. The molecular formula is C8H10N2. The van der Waals surface area contributed by atoms with Gasteiger partial charge in [0.2, 0.25) is 0 Å². The molecule has 0 fully saturated rings. The van der Waals surface area contributed by atoms with Gasteiger partial charge in [0.1, 0.15) is 6.33 Å². The van der Waals surface area contributed by atoms with Gasteiger partial charge in [0.15, 0.2) is 0 Å². The topological polar surface area (TPSA) is 25.8 Å². The Morgan fingerprint density at radius 1 is 1.40 bits per heavy atom. The van der Waals surface area contributed by atoms with Crippen molar-refractivity contribution in [3.63, 3.8) is 0 Å². The fraction of sp³-hybridized carbons (Fsp3) is 0.250. The van der Waals surface area contributed by atoms with E-state index in [0.717, 1.165) is 17.0 Å². The van der Waals surface area contributed by atoms with Crippen molar-refractivity contribution in [2.75, 3.05) is 0 Å². The number of nitrogens with zero attached hydrogens (tertiary/aromatic N) is 2. The maximum absolute atomic E-state index is 4.03. The van der Waals surface area contributed by atoms with Gasteiger partial charge in [-0.15, -0.1) is 0 Å². The van der Waals surface area contributed by atoms with Crippen molar-refractivity contribution in [3.8, 4) is 0 Å². The average Bonchev–Trinajstić information content (AvgIpc) is 1.95. The number of rotatable bonds is 1. The van der Waals surface area contributed by atoms with Gasteiger partial charge in [0.25, 0.3) is 0 Å². The van der Waals surface area contributed by atoms with Crippen LogP contribution in [0.2, 0.25) is 0 Å². The molecule has 0 aliphatic rings. The van der Waals surface area contributed by atoms with Gasteiger partial charge < -0.3 is 0 Å². The van der Waals surface area contributed by atoms with E-state index in [-0.39, 0.29) is 0 Å². The van der Waals surface area contributed by atoms with E-state index in [9.17, 15) is 0 Å². The fourth-order valence-electron chi connectivity index (χ4n) is 0.762. The van der Waals surface area contributed by atoms with Crippen LogP contribution < -0.4 is 0 Å². The molecule has 10 heavy (non-hydrogen) atoms. The van der Waals surface area contributed by atoms with E-state index in [2.05, 4.69) is 16.5 Å². The highest BCUT2D eigenvalue weighted by molar-refractivity contribution is 5.46. The van der Waals surface area contributed by atoms with E-state index in [4.69, 9.17) is 0 Å². The number of aromatic nitrogens is 2. The van der Waals surface area contributed by atoms with E-state index in [0.29, 0.717) is 0 Å². The minimum Gasteiger partial charge on any atom is -0.241 e. The predicted octanol–water partition coefficient (Wildman–Crippen LogP) is 1.74. The summed E-state index contributed by atoms with van der Waals surface area (Å²) in [4.78, 5) is 8.06. The lowest BCUT2D eigenvalue weighted by atomic mass is 10.2. The van der Waals surface area contributed by atoms with Crippen LogP contribution in [0.4, 0.5) is 0 Å². The summed E-state index contributed by atoms with van der Waals surface area (Å²) >= 11 is 0. The molecule has 0 N–H and O–H groups in total. The largest absolute Gasteiger partial charge is 0.241 e. The van der Waals surface area contributed by atoms with Crippen molar-refractivity contribution in [1.82, 2.24) is 9.97 Å². The van der Waals surface area contributed by atoms with Gasteiger partial charge in [0, 0.05) is 5.69 Å². The third-order valence-corrected chi connectivity index (χ3v) is 1.57. The summed E-state index contributed by atoms with van der Waals surface area (Å²) in [6.07, 6.45) is 3.30. The van der Waals surface area contributed by atoms with Crippen LogP contribution in [0.15, 0.2) is 12.9 Å².